The maximum Gasteiger partial charge on any atom is 0.303 e. The molecule has 1 aliphatic heterocycles. The lowest BCUT2D eigenvalue weighted by Gasteiger charge is -2.32. The average molecular weight is 346 g/mol. The van der Waals surface area contributed by atoms with Gasteiger partial charge in [0.25, 0.3) is 0 Å². The summed E-state index contributed by atoms with van der Waals surface area (Å²) in [7, 11) is 0. The third-order valence-corrected chi connectivity index (χ3v) is 4.48. The Morgan fingerprint density at radius 3 is 3.00 bits per heavy atom. The summed E-state index contributed by atoms with van der Waals surface area (Å²) in [6, 6.07) is 5.17. The van der Waals surface area contributed by atoms with E-state index in [1.54, 1.807) is 18.2 Å². The Labute approximate surface area is 141 Å². The van der Waals surface area contributed by atoms with Crippen molar-refractivity contribution in [2.75, 3.05) is 26.2 Å². The average Bonchev–Trinajstić information content (AvgIpc) is 2.49. The van der Waals surface area contributed by atoms with E-state index < -0.39 is 5.97 Å². The second kappa shape index (κ2) is 8.61. The molecule has 0 aliphatic carbocycles. The standard InChI is InChI=1S/C16H21Cl2NO3/c17-13-4-5-14(18)15(10-13)22-9-8-19-7-1-2-12(11-19)3-6-16(20)21/h4-5,10,12H,1-3,6-9,11H2,(H,20,21). The molecule has 0 amide bonds. The van der Waals surface area contributed by atoms with Crippen LogP contribution in [0.2, 0.25) is 10.0 Å². The second-order valence-electron chi connectivity index (χ2n) is 5.66. The van der Waals surface area contributed by atoms with E-state index in [1.165, 1.54) is 0 Å². The summed E-state index contributed by atoms with van der Waals surface area (Å²) in [4.78, 5) is 13.0. The topological polar surface area (TPSA) is 49.8 Å². The zero-order valence-electron chi connectivity index (χ0n) is 12.4. The first kappa shape index (κ1) is 17.4. The molecule has 0 spiro atoms. The zero-order valence-corrected chi connectivity index (χ0v) is 13.9. The van der Waals surface area contributed by atoms with Gasteiger partial charge in [-0.3, -0.25) is 9.69 Å². The molecule has 2 rings (SSSR count). The molecule has 1 aromatic rings. The van der Waals surface area contributed by atoms with Gasteiger partial charge in [0, 0.05) is 30.6 Å². The van der Waals surface area contributed by atoms with Crippen LogP contribution in [0.4, 0.5) is 0 Å². The maximum absolute atomic E-state index is 10.7. The molecule has 6 heteroatoms. The number of aliphatic carboxylic acids is 1. The summed E-state index contributed by atoms with van der Waals surface area (Å²) in [5, 5.41) is 9.93. The third kappa shape index (κ3) is 5.67. The zero-order chi connectivity index (χ0) is 15.9. The van der Waals surface area contributed by atoms with Crippen LogP contribution in [0.1, 0.15) is 25.7 Å². The molecule has 4 nitrogen and oxygen atoms in total. The number of benzene rings is 1. The molecular formula is C16H21Cl2NO3. The first-order valence-electron chi connectivity index (χ1n) is 7.56. The molecule has 22 heavy (non-hydrogen) atoms. The highest BCUT2D eigenvalue weighted by molar-refractivity contribution is 6.34. The van der Waals surface area contributed by atoms with Crippen LogP contribution in [-0.2, 0) is 4.79 Å². The van der Waals surface area contributed by atoms with Gasteiger partial charge in [-0.2, -0.15) is 0 Å². The normalized spacial score (nSPS) is 19.1. The Hall–Kier alpha value is -0.970. The quantitative estimate of drug-likeness (QED) is 0.812. The Bertz CT molecular complexity index is 510. The van der Waals surface area contributed by atoms with Crippen LogP contribution < -0.4 is 4.74 Å². The van der Waals surface area contributed by atoms with E-state index in [0.717, 1.165) is 38.9 Å². The summed E-state index contributed by atoms with van der Waals surface area (Å²) >= 11 is 12.0. The molecule has 0 bridgehead atoms. The largest absolute Gasteiger partial charge is 0.491 e. The van der Waals surface area contributed by atoms with Gasteiger partial charge < -0.3 is 9.84 Å². The molecule has 122 valence electrons. The molecule has 0 radical (unpaired) electrons. The molecule has 1 fully saturated rings. The van der Waals surface area contributed by atoms with Crippen LogP contribution >= 0.6 is 23.2 Å². The van der Waals surface area contributed by atoms with E-state index in [0.29, 0.717) is 28.3 Å². The van der Waals surface area contributed by atoms with Crippen LogP contribution in [0.25, 0.3) is 0 Å². The second-order valence-corrected chi connectivity index (χ2v) is 6.51. The lowest BCUT2D eigenvalue weighted by molar-refractivity contribution is -0.137. The van der Waals surface area contributed by atoms with Crippen molar-refractivity contribution in [2.45, 2.75) is 25.7 Å². The number of nitrogens with zero attached hydrogens (tertiary/aromatic N) is 1. The van der Waals surface area contributed by atoms with Crippen molar-refractivity contribution in [3.05, 3.63) is 28.2 Å². The lowest BCUT2D eigenvalue weighted by atomic mass is 9.93. The molecule has 1 N–H and O–H groups in total. The predicted octanol–water partition coefficient (Wildman–Crippen LogP) is 3.95. The smallest absolute Gasteiger partial charge is 0.303 e. The summed E-state index contributed by atoms with van der Waals surface area (Å²) < 4.78 is 5.70. The van der Waals surface area contributed by atoms with Crippen LogP contribution in [0.5, 0.6) is 5.75 Å². The number of carboxylic acids is 1. The van der Waals surface area contributed by atoms with Gasteiger partial charge in [-0.05, 0) is 43.9 Å². The van der Waals surface area contributed by atoms with Gasteiger partial charge in [0.15, 0.2) is 0 Å². The number of piperidine rings is 1. The van der Waals surface area contributed by atoms with Crippen LogP contribution in [-0.4, -0.2) is 42.2 Å². The number of likely N-dealkylation sites (tertiary alicyclic amines) is 1. The van der Waals surface area contributed by atoms with Gasteiger partial charge in [0.05, 0.1) is 5.02 Å². The highest BCUT2D eigenvalue weighted by atomic mass is 35.5. The fourth-order valence-corrected chi connectivity index (χ4v) is 3.12. The van der Waals surface area contributed by atoms with Crippen LogP contribution in [0.3, 0.4) is 0 Å². The van der Waals surface area contributed by atoms with E-state index in [4.69, 9.17) is 33.0 Å². The maximum atomic E-state index is 10.7. The molecule has 1 saturated heterocycles. The van der Waals surface area contributed by atoms with Gasteiger partial charge in [-0.1, -0.05) is 23.2 Å². The number of hydrogen-bond donors (Lipinski definition) is 1. The Morgan fingerprint density at radius 1 is 1.41 bits per heavy atom. The Morgan fingerprint density at radius 2 is 2.23 bits per heavy atom. The molecule has 1 aromatic carbocycles. The number of halogens is 2. The van der Waals surface area contributed by atoms with Crippen molar-refractivity contribution in [1.29, 1.82) is 0 Å². The van der Waals surface area contributed by atoms with Gasteiger partial charge in [-0.15, -0.1) is 0 Å². The summed E-state index contributed by atoms with van der Waals surface area (Å²) in [6.45, 7) is 3.34. The minimum absolute atomic E-state index is 0.257. The van der Waals surface area contributed by atoms with E-state index in [2.05, 4.69) is 4.90 Å². The van der Waals surface area contributed by atoms with Crippen molar-refractivity contribution in [3.8, 4) is 5.75 Å². The van der Waals surface area contributed by atoms with Crippen LogP contribution in [0, 0.1) is 5.92 Å². The van der Waals surface area contributed by atoms with Crippen molar-refractivity contribution in [2.24, 2.45) is 5.92 Å². The number of rotatable bonds is 7. The molecular weight excluding hydrogens is 325 g/mol. The highest BCUT2D eigenvalue weighted by Crippen LogP contribution is 2.27. The van der Waals surface area contributed by atoms with Crippen molar-refractivity contribution >= 4 is 29.2 Å². The molecule has 1 atom stereocenters. The third-order valence-electron chi connectivity index (χ3n) is 3.93. The van der Waals surface area contributed by atoms with Gasteiger partial charge in [0.1, 0.15) is 12.4 Å². The van der Waals surface area contributed by atoms with Gasteiger partial charge >= 0.3 is 5.97 Å². The van der Waals surface area contributed by atoms with Crippen molar-refractivity contribution in [3.63, 3.8) is 0 Å². The monoisotopic (exact) mass is 345 g/mol. The molecule has 1 aliphatic rings. The van der Waals surface area contributed by atoms with Crippen molar-refractivity contribution < 1.29 is 14.6 Å². The summed E-state index contributed by atoms with van der Waals surface area (Å²) in [5.41, 5.74) is 0. The highest BCUT2D eigenvalue weighted by Gasteiger charge is 2.20. The first-order valence-corrected chi connectivity index (χ1v) is 8.32. The number of carboxylic acid groups (broad SMARTS) is 1. The first-order chi connectivity index (χ1) is 10.5. The lowest BCUT2D eigenvalue weighted by Crippen LogP contribution is -2.38. The van der Waals surface area contributed by atoms with E-state index >= 15 is 0 Å². The minimum atomic E-state index is -0.712. The van der Waals surface area contributed by atoms with Gasteiger partial charge in [0.2, 0.25) is 0 Å². The van der Waals surface area contributed by atoms with Gasteiger partial charge in [-0.25, -0.2) is 0 Å². The Balaban J connectivity index is 1.74. The molecule has 1 heterocycles. The molecule has 0 aromatic heterocycles. The summed E-state index contributed by atoms with van der Waals surface area (Å²) in [5.74, 6) is 0.365. The number of ether oxygens (including phenoxy) is 1. The van der Waals surface area contributed by atoms with E-state index in [1.807, 2.05) is 0 Å². The number of carbonyl (C=O) groups is 1. The minimum Gasteiger partial charge on any atom is -0.491 e. The SMILES string of the molecule is O=C(O)CCC1CCCN(CCOc2cc(Cl)ccc2Cl)C1. The van der Waals surface area contributed by atoms with Crippen LogP contribution in [0.15, 0.2) is 18.2 Å². The fourth-order valence-electron chi connectivity index (χ4n) is 2.79. The predicted molar refractivity (Wildman–Crippen MR) is 88.0 cm³/mol. The fraction of sp³-hybridized carbons (Fsp3) is 0.562. The summed E-state index contributed by atoms with van der Waals surface area (Å²) in [6.07, 6.45) is 3.24. The molecule has 1 unspecified atom stereocenters. The van der Waals surface area contributed by atoms with E-state index in [-0.39, 0.29) is 6.42 Å². The Kier molecular flexibility index (Phi) is 6.80. The van der Waals surface area contributed by atoms with E-state index in [9.17, 15) is 4.79 Å². The van der Waals surface area contributed by atoms with Crippen molar-refractivity contribution in [1.82, 2.24) is 4.90 Å². The molecule has 0 saturated carbocycles. The number of hydrogen-bond acceptors (Lipinski definition) is 3.